The van der Waals surface area contributed by atoms with Gasteiger partial charge in [-0.15, -0.1) is 0 Å². The van der Waals surface area contributed by atoms with Crippen molar-refractivity contribution >= 4 is 92.7 Å². The van der Waals surface area contributed by atoms with Crippen molar-refractivity contribution in [3.05, 3.63) is 272 Å². The summed E-state index contributed by atoms with van der Waals surface area (Å²) < 4.78 is 0. The molecule has 16 bridgehead atoms. The molecular formula is C108H114N8. The fraction of sp³-hybridized carbons (Fsp3) is 0.296. The molecule has 0 unspecified atom stereocenters. The first kappa shape index (κ1) is 78.4. The van der Waals surface area contributed by atoms with Crippen LogP contribution in [0.3, 0.4) is 0 Å². The van der Waals surface area contributed by atoms with E-state index in [9.17, 15) is 0 Å². The van der Waals surface area contributed by atoms with Crippen molar-refractivity contribution in [1.82, 2.24) is 39.9 Å². The Morgan fingerprint density at radius 1 is 0.164 bits per heavy atom. The standard InChI is InChI=1S/C108H114N8/c1-101(2,3)69-51-65(52-70(59-69)102(4,5)6)95-81-39-35-77(109-81)93(63-31-27-25-28-32-63)78-36-40-82(110-78)96(66-53-71(103(7,8)9)60-72(54-66)104(10,11)12)86-44-48-90(114-86)99(89-47-43-85(95)113-89)100-91-49-45-87(115-91)97(67-55-73(105(13,14)15)61-74(56-67)106(16,17)18)83-41-37-79(111-83)94(64-33-29-26-30-34-64)80-38-42-84(112-80)98(88-46-50-92(100)116-88)68-57-75(107(19,20)21)62-76(58-68)108(22,23)24/h25-62,109,111,114,116H,1-24H3. The van der Waals surface area contributed by atoms with Crippen LogP contribution in [0.25, 0.3) is 171 Å². The molecule has 4 N–H and O–H groups in total. The highest BCUT2D eigenvalue weighted by atomic mass is 14.8. The van der Waals surface area contributed by atoms with Gasteiger partial charge in [-0.3, -0.25) is 0 Å². The largest absolute Gasteiger partial charge is 0.354 e. The second kappa shape index (κ2) is 28.2. The maximum Gasteiger partial charge on any atom is 0.0738 e. The zero-order valence-corrected chi connectivity index (χ0v) is 72.7. The highest BCUT2D eigenvalue weighted by molar-refractivity contribution is 6.06. The monoisotopic (exact) mass is 1520 g/mol. The summed E-state index contributed by atoms with van der Waals surface area (Å²) in [4.78, 5) is 40.8. The summed E-state index contributed by atoms with van der Waals surface area (Å²) in [6, 6.07) is 68.4. The second-order valence-electron chi connectivity index (χ2n) is 40.9. The van der Waals surface area contributed by atoms with Crippen molar-refractivity contribution in [1.29, 1.82) is 0 Å². The number of aromatic amines is 4. The van der Waals surface area contributed by atoms with E-state index in [0.717, 1.165) is 168 Å². The van der Waals surface area contributed by atoms with E-state index in [1.54, 1.807) is 0 Å². The maximum absolute atomic E-state index is 6.15. The summed E-state index contributed by atoms with van der Waals surface area (Å²) >= 11 is 0. The van der Waals surface area contributed by atoms with Crippen LogP contribution in [0.4, 0.5) is 0 Å². The molecule has 0 saturated carbocycles. The van der Waals surface area contributed by atoms with Crippen molar-refractivity contribution in [2.75, 3.05) is 0 Å². The summed E-state index contributed by atoms with van der Waals surface area (Å²) in [5.74, 6) is 0. The molecule has 16 rings (SSSR count). The average molecular weight is 1520 g/mol. The van der Waals surface area contributed by atoms with E-state index in [1.165, 1.54) is 44.5 Å². The number of hydrogen-bond acceptors (Lipinski definition) is 4. The lowest BCUT2D eigenvalue weighted by Gasteiger charge is -2.26. The van der Waals surface area contributed by atoms with Gasteiger partial charge in [0, 0.05) is 88.6 Å². The number of H-pyrrole nitrogens is 4. The fourth-order valence-corrected chi connectivity index (χ4v) is 16.5. The third-order valence-electron chi connectivity index (χ3n) is 23.7. The van der Waals surface area contributed by atoms with Crippen LogP contribution < -0.4 is 0 Å². The molecule has 0 radical (unpaired) electrons. The zero-order chi connectivity index (χ0) is 82.5. The van der Waals surface area contributed by atoms with Gasteiger partial charge in [0.1, 0.15) is 0 Å². The first-order valence-corrected chi connectivity index (χ1v) is 41.6. The summed E-state index contributed by atoms with van der Waals surface area (Å²) in [5.41, 5.74) is 36.5. The average Bonchev–Trinajstić information content (AvgIpc) is 1.59. The van der Waals surface area contributed by atoms with Gasteiger partial charge in [-0.2, -0.15) is 0 Å². The van der Waals surface area contributed by atoms with Gasteiger partial charge in [-0.25, -0.2) is 19.9 Å². The van der Waals surface area contributed by atoms with E-state index in [-0.39, 0.29) is 43.3 Å². The van der Waals surface area contributed by atoms with E-state index < -0.39 is 0 Å². The minimum atomic E-state index is -0.182. The number of hydrogen-bond donors (Lipinski definition) is 4. The van der Waals surface area contributed by atoms with Gasteiger partial charge in [0.25, 0.3) is 0 Å². The molecule has 0 aliphatic carbocycles. The lowest BCUT2D eigenvalue weighted by molar-refractivity contribution is 0.568. The van der Waals surface area contributed by atoms with E-state index in [0.29, 0.717) is 0 Å². The van der Waals surface area contributed by atoms with Gasteiger partial charge in [-0.05, 0) is 218 Å². The molecule has 0 fully saturated rings. The topological polar surface area (TPSA) is 115 Å². The Balaban J connectivity index is 1.15. The first-order chi connectivity index (χ1) is 54.5. The van der Waals surface area contributed by atoms with Crippen molar-refractivity contribution < 1.29 is 0 Å². The molecule has 6 aromatic heterocycles. The molecular weight excluding hydrogens is 1410 g/mol. The van der Waals surface area contributed by atoms with Gasteiger partial charge in [0.05, 0.1) is 45.6 Å². The van der Waals surface area contributed by atoms with Crippen LogP contribution >= 0.6 is 0 Å². The summed E-state index contributed by atoms with van der Waals surface area (Å²) in [5, 5.41) is 0. The first-order valence-electron chi connectivity index (χ1n) is 41.6. The molecule has 12 aromatic rings. The zero-order valence-electron chi connectivity index (χ0n) is 72.7. The van der Waals surface area contributed by atoms with Crippen LogP contribution in [-0.4, -0.2) is 39.9 Å². The Morgan fingerprint density at radius 3 is 0.474 bits per heavy atom. The molecule has 0 amide bonds. The lowest BCUT2D eigenvalue weighted by Crippen LogP contribution is -2.16. The molecule has 8 nitrogen and oxygen atoms in total. The molecule has 8 heteroatoms. The molecule has 10 heterocycles. The molecule has 4 aliphatic rings. The second-order valence-corrected chi connectivity index (χ2v) is 40.9. The van der Waals surface area contributed by atoms with E-state index >= 15 is 0 Å². The molecule has 6 aromatic carbocycles. The number of fused-ring (bicyclic) bond motifs is 16. The smallest absolute Gasteiger partial charge is 0.0738 e. The van der Waals surface area contributed by atoms with E-state index in [1.807, 2.05) is 0 Å². The van der Waals surface area contributed by atoms with Crippen molar-refractivity contribution in [3.8, 4) is 77.9 Å². The quantitative estimate of drug-likeness (QED) is 0.127. The Kier molecular flexibility index (Phi) is 19.0. The van der Waals surface area contributed by atoms with Crippen LogP contribution in [0.15, 0.2) is 182 Å². The fourth-order valence-electron chi connectivity index (χ4n) is 16.5. The Morgan fingerprint density at radius 2 is 0.310 bits per heavy atom. The van der Waals surface area contributed by atoms with Crippen molar-refractivity contribution in [2.24, 2.45) is 0 Å². The van der Waals surface area contributed by atoms with Gasteiger partial charge in [0.15, 0.2) is 0 Å². The highest BCUT2D eigenvalue weighted by Crippen LogP contribution is 2.48. The van der Waals surface area contributed by atoms with Crippen LogP contribution in [0.2, 0.25) is 0 Å². The SMILES string of the molecule is CC(C)(C)c1cc(-c2c3nc(c(-c4c5nc(c(-c6cc(C(C)(C)C)cc(C(C)(C)C)c6)c6ccc([nH]6)c(-c6ccccc6)c6nc(c(-c7cc(C(C)(C)C)cc(C(C)(C)C)c7)c7ccc4[nH]7)C=C6)C=C5)c4ccc([nH]4)c(-c4cc(C(C)(C)C)cc(C(C)(C)C)c4)c4nc(c(-c5ccccc5)c5ccc2[nH]5)C=C4)C=C3)cc(C(C)(C)C)c1. The van der Waals surface area contributed by atoms with E-state index in [2.05, 4.69) is 417 Å². The molecule has 0 spiro atoms. The minimum Gasteiger partial charge on any atom is -0.354 e. The van der Waals surface area contributed by atoms with Gasteiger partial charge in [0.2, 0.25) is 0 Å². The van der Waals surface area contributed by atoms with Crippen LogP contribution in [0, 0.1) is 0 Å². The maximum atomic E-state index is 6.15. The van der Waals surface area contributed by atoms with E-state index in [4.69, 9.17) is 19.9 Å². The minimum absolute atomic E-state index is 0.182. The number of nitrogens with one attached hydrogen (secondary N) is 4. The van der Waals surface area contributed by atoms with Crippen LogP contribution in [0.1, 0.15) is 256 Å². The molecule has 0 atom stereocenters. The Labute approximate surface area is 687 Å². The molecule has 586 valence electrons. The Bertz CT molecular complexity index is 5810. The van der Waals surface area contributed by atoms with Gasteiger partial charge < -0.3 is 19.9 Å². The number of rotatable bonds is 7. The predicted octanol–water partition coefficient (Wildman–Crippen LogP) is 29.7. The molecule has 116 heavy (non-hydrogen) atoms. The molecule has 4 aliphatic heterocycles. The Hall–Kier alpha value is -11.5. The molecule has 0 saturated heterocycles. The van der Waals surface area contributed by atoms with Gasteiger partial charge in [-0.1, -0.05) is 300 Å². The normalized spacial score (nSPS) is 13.6. The number of benzene rings is 6. The highest BCUT2D eigenvalue weighted by Gasteiger charge is 2.31. The third kappa shape index (κ3) is 15.1. The number of aromatic nitrogens is 8. The van der Waals surface area contributed by atoms with Crippen LogP contribution in [0.5, 0.6) is 0 Å². The van der Waals surface area contributed by atoms with Crippen molar-refractivity contribution in [3.63, 3.8) is 0 Å². The van der Waals surface area contributed by atoms with Gasteiger partial charge >= 0.3 is 0 Å². The summed E-state index contributed by atoms with van der Waals surface area (Å²) in [6.07, 6.45) is 17.9. The third-order valence-corrected chi connectivity index (χ3v) is 23.7. The predicted molar refractivity (Wildman–Crippen MR) is 499 cm³/mol. The van der Waals surface area contributed by atoms with Crippen LogP contribution in [-0.2, 0) is 43.3 Å². The lowest BCUT2D eigenvalue weighted by atomic mass is 9.78. The number of nitrogens with zero attached hydrogens (tertiary/aromatic N) is 4. The van der Waals surface area contributed by atoms with Crippen molar-refractivity contribution in [2.45, 2.75) is 209 Å². The summed E-state index contributed by atoms with van der Waals surface area (Å²) in [6.45, 7) is 55.7. The summed E-state index contributed by atoms with van der Waals surface area (Å²) in [7, 11) is 0.